The molecule has 0 amide bonds. The van der Waals surface area contributed by atoms with Crippen molar-refractivity contribution in [2.75, 3.05) is 6.61 Å². The highest BCUT2D eigenvalue weighted by atomic mass is 16.6. The maximum Gasteiger partial charge on any atom is 0.159 e. The lowest BCUT2D eigenvalue weighted by molar-refractivity contribution is -0.171. The molecule has 0 saturated heterocycles. The molecule has 4 heteroatoms. The Kier molecular flexibility index (Phi) is 6.80. The molecule has 18 heavy (non-hydrogen) atoms. The van der Waals surface area contributed by atoms with Crippen LogP contribution in [0, 0.1) is 0 Å². The van der Waals surface area contributed by atoms with Crippen LogP contribution in [0.15, 0.2) is 50.6 Å². The number of aliphatic hydroxyl groups excluding tert-OH is 2. The molecule has 0 rings (SSSR count). The third-order valence-corrected chi connectivity index (χ3v) is 2.76. The fourth-order valence-corrected chi connectivity index (χ4v) is 1.44. The lowest BCUT2D eigenvalue weighted by Crippen LogP contribution is -2.38. The van der Waals surface area contributed by atoms with E-state index in [2.05, 4.69) is 26.3 Å². The Morgan fingerprint density at radius 1 is 1.06 bits per heavy atom. The summed E-state index contributed by atoms with van der Waals surface area (Å²) in [7, 11) is 0. The fourth-order valence-electron chi connectivity index (χ4n) is 1.44. The highest BCUT2D eigenvalue weighted by Crippen LogP contribution is 2.24. The van der Waals surface area contributed by atoms with Gasteiger partial charge in [-0.15, -0.1) is 0 Å². The molecule has 0 aliphatic carbocycles. The van der Waals surface area contributed by atoms with Crippen LogP contribution in [0.25, 0.3) is 0 Å². The van der Waals surface area contributed by atoms with Crippen molar-refractivity contribution in [1.29, 1.82) is 0 Å². The lowest BCUT2D eigenvalue weighted by Gasteiger charge is -2.32. The summed E-state index contributed by atoms with van der Waals surface area (Å²) in [6, 6.07) is 0. The minimum Gasteiger partial charge on any atom is -0.396 e. The summed E-state index contributed by atoms with van der Waals surface area (Å²) in [6.45, 7) is 14.0. The lowest BCUT2D eigenvalue weighted by atomic mass is 9.97. The van der Waals surface area contributed by atoms with Gasteiger partial charge < -0.3 is 20.1 Å². The number of hydrogen-bond acceptors (Lipinski definition) is 4. The molecule has 0 heterocycles. The summed E-state index contributed by atoms with van der Waals surface area (Å²) >= 11 is 0. The van der Waals surface area contributed by atoms with E-state index in [0.29, 0.717) is 0 Å². The van der Waals surface area contributed by atoms with Crippen molar-refractivity contribution in [3.05, 3.63) is 50.6 Å². The van der Waals surface area contributed by atoms with Crippen LogP contribution in [0.5, 0.6) is 0 Å². The van der Waals surface area contributed by atoms with Crippen LogP contribution in [-0.4, -0.2) is 39.4 Å². The quantitative estimate of drug-likeness (QED) is 0.406. The SMILES string of the molecule is C=CC(O)(C=C)CC(O)OC(C=C)(C=C)CCO. The standard InChI is InChI=1S/C14H22O4/c1-5-13(17,6-2)11-12(16)18-14(7-3,8-4)9-10-15/h5-8,12,15-17H,1-4,9-11H2. The van der Waals surface area contributed by atoms with Gasteiger partial charge in [0.1, 0.15) is 11.2 Å². The first-order valence-corrected chi connectivity index (χ1v) is 5.64. The van der Waals surface area contributed by atoms with Crippen LogP contribution < -0.4 is 0 Å². The van der Waals surface area contributed by atoms with Crippen molar-refractivity contribution in [2.24, 2.45) is 0 Å². The van der Waals surface area contributed by atoms with E-state index in [1.165, 1.54) is 24.3 Å². The summed E-state index contributed by atoms with van der Waals surface area (Å²) in [5, 5.41) is 28.7. The van der Waals surface area contributed by atoms with Gasteiger partial charge >= 0.3 is 0 Å². The summed E-state index contributed by atoms with van der Waals surface area (Å²) in [5.74, 6) is 0. The molecule has 0 fully saturated rings. The van der Waals surface area contributed by atoms with Crippen LogP contribution in [0.4, 0.5) is 0 Å². The highest BCUT2D eigenvalue weighted by molar-refractivity contribution is 5.11. The average molecular weight is 254 g/mol. The van der Waals surface area contributed by atoms with E-state index in [1.807, 2.05) is 0 Å². The van der Waals surface area contributed by atoms with Gasteiger partial charge in [0, 0.05) is 19.4 Å². The molecule has 0 aromatic rings. The largest absolute Gasteiger partial charge is 0.396 e. The fraction of sp³-hybridized carbons (Fsp3) is 0.429. The van der Waals surface area contributed by atoms with Gasteiger partial charge in [0.15, 0.2) is 6.29 Å². The zero-order valence-electron chi connectivity index (χ0n) is 10.6. The topological polar surface area (TPSA) is 69.9 Å². The molecule has 0 bridgehead atoms. The summed E-state index contributed by atoms with van der Waals surface area (Å²) in [6.07, 6.45) is 4.26. The van der Waals surface area contributed by atoms with E-state index in [9.17, 15) is 10.2 Å². The van der Waals surface area contributed by atoms with Crippen LogP contribution in [-0.2, 0) is 4.74 Å². The Balaban J connectivity index is 4.75. The summed E-state index contributed by atoms with van der Waals surface area (Å²) in [4.78, 5) is 0. The first-order chi connectivity index (χ1) is 8.40. The molecular formula is C14H22O4. The molecule has 102 valence electrons. The molecule has 3 N–H and O–H groups in total. The van der Waals surface area contributed by atoms with Crippen molar-refractivity contribution in [3.63, 3.8) is 0 Å². The highest BCUT2D eigenvalue weighted by Gasteiger charge is 2.30. The van der Waals surface area contributed by atoms with Crippen molar-refractivity contribution >= 4 is 0 Å². The van der Waals surface area contributed by atoms with Crippen molar-refractivity contribution in [2.45, 2.75) is 30.3 Å². The second-order valence-corrected chi connectivity index (χ2v) is 4.01. The van der Waals surface area contributed by atoms with E-state index in [4.69, 9.17) is 9.84 Å². The van der Waals surface area contributed by atoms with E-state index in [0.717, 1.165) is 0 Å². The van der Waals surface area contributed by atoms with Gasteiger partial charge in [0.05, 0.1) is 0 Å². The molecule has 0 radical (unpaired) electrons. The predicted molar refractivity (Wildman–Crippen MR) is 71.9 cm³/mol. The number of ether oxygens (including phenoxy) is 1. The number of aliphatic hydroxyl groups is 3. The minimum atomic E-state index is -1.41. The van der Waals surface area contributed by atoms with Gasteiger partial charge in [-0.2, -0.15) is 0 Å². The van der Waals surface area contributed by atoms with Gasteiger partial charge in [-0.25, -0.2) is 0 Å². The molecule has 4 nitrogen and oxygen atoms in total. The molecule has 0 aromatic heterocycles. The molecule has 0 spiro atoms. The van der Waals surface area contributed by atoms with Crippen LogP contribution >= 0.6 is 0 Å². The molecule has 1 unspecified atom stereocenters. The monoisotopic (exact) mass is 254 g/mol. The maximum atomic E-state index is 9.89. The first kappa shape index (κ1) is 16.8. The van der Waals surface area contributed by atoms with Gasteiger partial charge in [-0.3, -0.25) is 0 Å². The van der Waals surface area contributed by atoms with Gasteiger partial charge in [0.25, 0.3) is 0 Å². The molecular weight excluding hydrogens is 232 g/mol. The third-order valence-electron chi connectivity index (χ3n) is 2.76. The number of hydrogen-bond donors (Lipinski definition) is 3. The summed E-state index contributed by atoms with van der Waals surface area (Å²) in [5.41, 5.74) is -2.44. The van der Waals surface area contributed by atoms with Crippen molar-refractivity contribution < 1.29 is 20.1 Å². The second-order valence-electron chi connectivity index (χ2n) is 4.01. The first-order valence-electron chi connectivity index (χ1n) is 5.64. The van der Waals surface area contributed by atoms with Gasteiger partial charge in [-0.05, 0) is 0 Å². The number of rotatable bonds is 10. The molecule has 0 saturated carbocycles. The van der Waals surface area contributed by atoms with Crippen molar-refractivity contribution in [3.8, 4) is 0 Å². The minimum absolute atomic E-state index is 0.116. The molecule has 0 aliphatic heterocycles. The van der Waals surface area contributed by atoms with Crippen molar-refractivity contribution in [1.82, 2.24) is 0 Å². The van der Waals surface area contributed by atoms with E-state index in [1.54, 1.807) is 0 Å². The predicted octanol–water partition coefficient (Wildman–Crippen LogP) is 1.31. The normalized spacial score (nSPS) is 13.7. The second kappa shape index (κ2) is 7.28. The van der Waals surface area contributed by atoms with E-state index < -0.39 is 17.5 Å². The Hall–Kier alpha value is -1.20. The average Bonchev–Trinajstić information content (AvgIpc) is 2.37. The van der Waals surface area contributed by atoms with Gasteiger partial charge in [-0.1, -0.05) is 50.6 Å². The summed E-state index contributed by atoms with van der Waals surface area (Å²) < 4.78 is 5.38. The van der Waals surface area contributed by atoms with Gasteiger partial charge in [0.2, 0.25) is 0 Å². The molecule has 0 aromatic carbocycles. The van der Waals surface area contributed by atoms with E-state index >= 15 is 0 Å². The Morgan fingerprint density at radius 3 is 1.89 bits per heavy atom. The smallest absolute Gasteiger partial charge is 0.159 e. The Morgan fingerprint density at radius 2 is 1.56 bits per heavy atom. The van der Waals surface area contributed by atoms with Crippen LogP contribution in [0.1, 0.15) is 12.8 Å². The maximum absolute atomic E-state index is 9.89. The third kappa shape index (κ3) is 4.58. The molecule has 0 aliphatic rings. The Labute approximate surface area is 108 Å². The zero-order chi connectivity index (χ0) is 14.2. The van der Waals surface area contributed by atoms with Crippen LogP contribution in [0.3, 0.4) is 0 Å². The van der Waals surface area contributed by atoms with E-state index in [-0.39, 0.29) is 19.4 Å². The Bertz CT molecular complexity index is 293. The zero-order valence-corrected chi connectivity index (χ0v) is 10.6. The van der Waals surface area contributed by atoms with Crippen LogP contribution in [0.2, 0.25) is 0 Å². The molecule has 1 atom stereocenters.